The Morgan fingerprint density at radius 1 is 1.15 bits per heavy atom. The van der Waals surface area contributed by atoms with E-state index in [1.54, 1.807) is 22.0 Å². The van der Waals surface area contributed by atoms with Crippen molar-refractivity contribution in [1.29, 1.82) is 0 Å². The van der Waals surface area contributed by atoms with Gasteiger partial charge in [0.1, 0.15) is 0 Å². The van der Waals surface area contributed by atoms with Crippen LogP contribution in [0.4, 0.5) is 0 Å². The van der Waals surface area contributed by atoms with Crippen molar-refractivity contribution >= 4 is 22.8 Å². The fraction of sp³-hybridized carbons (Fsp3) is 0.158. The van der Waals surface area contributed by atoms with Gasteiger partial charge in [0.2, 0.25) is 5.02 Å². The molecule has 5 nitrogen and oxygen atoms in total. The zero-order valence-electron chi connectivity index (χ0n) is 13.8. The van der Waals surface area contributed by atoms with E-state index in [1.807, 2.05) is 23.1 Å². The fourth-order valence-corrected chi connectivity index (χ4v) is 4.38. The fourth-order valence-electron chi connectivity index (χ4n) is 3.45. The minimum absolute atomic E-state index is 0.0373. The maximum absolute atomic E-state index is 12.9. The third-order valence-electron chi connectivity index (χ3n) is 4.73. The molecule has 7 heteroatoms. The molecule has 0 aliphatic carbocycles. The molecule has 0 aromatic carbocycles. The number of halogens is 1. The van der Waals surface area contributed by atoms with E-state index in [-0.39, 0.29) is 5.91 Å². The van der Waals surface area contributed by atoms with Crippen LogP contribution in [-0.4, -0.2) is 31.5 Å². The molecule has 4 aromatic heterocycles. The molecule has 4 aromatic rings. The van der Waals surface area contributed by atoms with Gasteiger partial charge >= 0.3 is 0 Å². The molecule has 1 aliphatic heterocycles. The summed E-state index contributed by atoms with van der Waals surface area (Å²) in [4.78, 5) is 16.0. The number of aromatic nitrogens is 3. The van der Waals surface area contributed by atoms with E-state index in [0.717, 1.165) is 17.8 Å². The summed E-state index contributed by atoms with van der Waals surface area (Å²) in [6.45, 7) is 2.08. The molecule has 130 valence electrons. The van der Waals surface area contributed by atoms with Crippen molar-refractivity contribution in [2.24, 2.45) is 0 Å². The van der Waals surface area contributed by atoms with E-state index in [2.05, 4.69) is 39.3 Å². The predicted octanol–water partition coefficient (Wildman–Crippen LogP) is 3.22. The van der Waals surface area contributed by atoms with Crippen LogP contribution in [0.5, 0.6) is 0 Å². The van der Waals surface area contributed by atoms with Gasteiger partial charge in [0, 0.05) is 24.8 Å². The maximum atomic E-state index is 12.9. The Labute approximate surface area is 159 Å². The topological polar surface area (TPSA) is 42.5 Å². The van der Waals surface area contributed by atoms with E-state index in [9.17, 15) is 4.79 Å². The number of carbonyl (C=O) groups excluding carboxylic acids is 1. The van der Waals surface area contributed by atoms with Crippen molar-refractivity contribution in [2.45, 2.75) is 13.1 Å². The van der Waals surface area contributed by atoms with Crippen molar-refractivity contribution in [3.05, 3.63) is 70.5 Å². The number of hydrogen-bond acceptors (Lipinski definition) is 3. The maximum Gasteiger partial charge on any atom is 0.274 e. The minimum atomic E-state index is -0.0373. The molecule has 0 unspecified atom stereocenters. The molecular weight excluding hydrogens is 368 g/mol. The summed E-state index contributed by atoms with van der Waals surface area (Å²) in [6, 6.07) is 14.0. The van der Waals surface area contributed by atoms with Gasteiger partial charge in [-0.05, 0) is 35.7 Å². The lowest BCUT2D eigenvalue weighted by molar-refractivity contribution is -0.289. The second-order valence-electron chi connectivity index (χ2n) is 6.33. The van der Waals surface area contributed by atoms with Crippen molar-refractivity contribution in [3.63, 3.8) is 0 Å². The van der Waals surface area contributed by atoms with Crippen molar-refractivity contribution < 1.29 is 16.4 Å². The van der Waals surface area contributed by atoms with E-state index in [1.165, 1.54) is 10.6 Å². The van der Waals surface area contributed by atoms with Crippen LogP contribution in [-0.2, 0) is 13.1 Å². The molecule has 0 bridgehead atoms. The summed E-state index contributed by atoms with van der Waals surface area (Å²) in [5.41, 5.74) is 3.73. The Balaban J connectivity index is 1.42. The quantitative estimate of drug-likeness (QED) is 0.533. The average molecular weight is 384 g/mol. The number of carbonyl (C=O) groups is 1. The van der Waals surface area contributed by atoms with Gasteiger partial charge in [-0.15, -0.1) is 11.3 Å². The number of amides is 1. The van der Waals surface area contributed by atoms with Gasteiger partial charge in [0.25, 0.3) is 5.91 Å². The molecule has 0 N–H and O–H groups in total. The van der Waals surface area contributed by atoms with Crippen LogP contribution in [0.25, 0.3) is 16.1 Å². The third kappa shape index (κ3) is 2.53. The highest BCUT2D eigenvalue weighted by Crippen LogP contribution is 2.29. The molecule has 5 rings (SSSR count). The smallest absolute Gasteiger partial charge is 0.274 e. The molecule has 26 heavy (non-hydrogen) atoms. The van der Waals surface area contributed by atoms with Crippen LogP contribution in [0, 0.1) is 11.6 Å². The molecule has 0 saturated heterocycles. The largest absolute Gasteiger partial charge is 0.340 e. The Bertz CT molecular complexity index is 1110. The number of pyridine rings is 1. The summed E-state index contributed by atoms with van der Waals surface area (Å²) >= 11 is 6.90. The van der Waals surface area contributed by atoms with Gasteiger partial charge in [-0.25, -0.2) is 4.52 Å². The first-order valence-corrected chi connectivity index (χ1v) is 9.66. The monoisotopic (exact) mass is 383 g/mol. The van der Waals surface area contributed by atoms with Crippen LogP contribution in [0.15, 0.2) is 54.0 Å². The highest BCUT2D eigenvalue weighted by molar-refractivity contribution is 7.13. The summed E-state index contributed by atoms with van der Waals surface area (Å²) in [6.07, 6.45) is 1.76. The molecule has 0 saturated carbocycles. The van der Waals surface area contributed by atoms with Gasteiger partial charge in [0.15, 0.2) is 17.3 Å². The Kier molecular flexibility index (Phi) is 3.62. The van der Waals surface area contributed by atoms with Crippen molar-refractivity contribution in [1.82, 2.24) is 19.1 Å². The molecule has 0 spiro atoms. The molecule has 5 heterocycles. The average Bonchev–Trinajstić information content (AvgIpc) is 3.38. The van der Waals surface area contributed by atoms with Crippen LogP contribution in [0.1, 0.15) is 16.2 Å². The summed E-state index contributed by atoms with van der Waals surface area (Å²) in [5, 5.41) is 7.20. The predicted molar refractivity (Wildman–Crippen MR) is 98.2 cm³/mol. The third-order valence-corrected chi connectivity index (χ3v) is 5.86. The Morgan fingerprint density at radius 2 is 2.08 bits per heavy atom. The molecule has 0 radical (unpaired) electrons. The van der Waals surface area contributed by atoms with E-state index in [0.29, 0.717) is 23.8 Å². The van der Waals surface area contributed by atoms with Crippen LogP contribution in [0.3, 0.4) is 0 Å². The number of thiophene rings is 1. The van der Waals surface area contributed by atoms with Crippen LogP contribution < -0.4 is 0 Å². The van der Waals surface area contributed by atoms with Crippen molar-refractivity contribution in [2.75, 3.05) is 6.54 Å². The second kappa shape index (κ2) is 6.00. The van der Waals surface area contributed by atoms with Crippen molar-refractivity contribution in [3.8, 4) is 10.6 Å². The van der Waals surface area contributed by atoms with Crippen LogP contribution in [0.2, 0.25) is 5.02 Å². The van der Waals surface area contributed by atoms with E-state index >= 15 is 0 Å². The highest BCUT2D eigenvalue weighted by atomic mass is 35.5. The molecule has 1 aliphatic rings. The first-order valence-electron chi connectivity index (χ1n) is 8.37. The number of fused-ring (bicyclic) bond motifs is 2. The van der Waals surface area contributed by atoms with Gasteiger partial charge < -0.3 is 9.47 Å². The number of rotatable bonds is 2. The SMILES string of the molecule is O=C(c1cc2ccc([ClH+])cn2n1)N1CCn2c(ccc2-c2cccs2)C1. The van der Waals surface area contributed by atoms with Gasteiger partial charge in [-0.3, -0.25) is 4.79 Å². The van der Waals surface area contributed by atoms with Crippen LogP contribution >= 0.6 is 11.3 Å². The normalized spacial score (nSPS) is 14.0. The molecular formula is C19H16ClN4OS+. The lowest BCUT2D eigenvalue weighted by Gasteiger charge is -2.29. The first kappa shape index (κ1) is 15.7. The number of hydrogen-bond donors (Lipinski definition) is 0. The molecule has 0 atom stereocenters. The summed E-state index contributed by atoms with van der Waals surface area (Å²) < 4.78 is 3.99. The summed E-state index contributed by atoms with van der Waals surface area (Å²) in [5.74, 6) is -0.0373. The van der Waals surface area contributed by atoms with Gasteiger partial charge in [-0.2, -0.15) is 5.10 Å². The van der Waals surface area contributed by atoms with E-state index < -0.39 is 0 Å². The van der Waals surface area contributed by atoms with Gasteiger partial charge in [0.05, 0.1) is 28.8 Å². The summed E-state index contributed by atoms with van der Waals surface area (Å²) in [7, 11) is 0. The Morgan fingerprint density at radius 3 is 2.92 bits per heavy atom. The highest BCUT2D eigenvalue weighted by Gasteiger charge is 2.25. The zero-order chi connectivity index (χ0) is 17.7. The van der Waals surface area contributed by atoms with Gasteiger partial charge in [-0.1, -0.05) is 6.07 Å². The lowest BCUT2D eigenvalue weighted by atomic mass is 10.2. The lowest BCUT2D eigenvalue weighted by Crippen LogP contribution is -2.38. The Hall–Kier alpha value is -2.57. The molecule has 0 fully saturated rings. The van der Waals surface area contributed by atoms with E-state index in [4.69, 9.17) is 11.6 Å². The molecule has 1 amide bonds. The zero-order valence-corrected chi connectivity index (χ0v) is 15.5. The number of nitrogens with zero attached hydrogens (tertiary/aromatic N) is 4. The standard InChI is InChI=1S/C19H16ClN4OS/c20-13-3-4-14-10-16(21-24(14)11-13)19(25)22-7-8-23-15(12-22)5-6-17(23)18-2-1-9-26-18/h1-6,9-11,20H,7-8,12H2/q+1. The first-order chi connectivity index (χ1) is 12.7. The second-order valence-corrected chi connectivity index (χ2v) is 7.75. The minimum Gasteiger partial charge on any atom is -0.340 e.